The quantitative estimate of drug-likeness (QED) is 0.263. The number of carbonyl (C=O) groups is 1. The van der Waals surface area contributed by atoms with Gasteiger partial charge >= 0.3 is 5.97 Å². The van der Waals surface area contributed by atoms with E-state index in [4.69, 9.17) is 10.3 Å². The molecule has 0 saturated heterocycles. The standard InChI is InChI=1S/C14H17N3O2/c1-4-19-14(18)13(16-17-15)9-11-7-5-6-8-12(11)10(2)3/h5-10H,4H2,1-3H3/b13-9-. The van der Waals surface area contributed by atoms with Crippen molar-refractivity contribution >= 4 is 12.0 Å². The number of azide groups is 1. The summed E-state index contributed by atoms with van der Waals surface area (Å²) in [6, 6.07) is 7.66. The zero-order chi connectivity index (χ0) is 14.3. The third-order valence-corrected chi connectivity index (χ3v) is 2.55. The Labute approximate surface area is 112 Å². The van der Waals surface area contributed by atoms with Crippen LogP contribution in [0.2, 0.25) is 0 Å². The number of nitrogens with zero attached hydrogens (tertiary/aromatic N) is 3. The summed E-state index contributed by atoms with van der Waals surface area (Å²) in [4.78, 5) is 14.3. The molecule has 0 spiro atoms. The highest BCUT2D eigenvalue weighted by molar-refractivity contribution is 5.93. The van der Waals surface area contributed by atoms with E-state index in [0.717, 1.165) is 11.1 Å². The van der Waals surface area contributed by atoms with Crippen molar-refractivity contribution in [1.29, 1.82) is 0 Å². The molecule has 0 aromatic heterocycles. The van der Waals surface area contributed by atoms with Gasteiger partial charge in [-0.15, -0.1) is 0 Å². The first-order valence-electron chi connectivity index (χ1n) is 6.13. The third-order valence-electron chi connectivity index (χ3n) is 2.55. The summed E-state index contributed by atoms with van der Waals surface area (Å²) in [6.45, 7) is 6.06. The van der Waals surface area contributed by atoms with Crippen molar-refractivity contribution in [2.75, 3.05) is 6.61 Å². The maximum Gasteiger partial charge on any atom is 0.340 e. The van der Waals surface area contributed by atoms with Crippen molar-refractivity contribution in [2.24, 2.45) is 5.11 Å². The minimum absolute atomic E-state index is 0.0301. The summed E-state index contributed by atoms with van der Waals surface area (Å²) in [6.07, 6.45) is 1.56. The topological polar surface area (TPSA) is 75.1 Å². The van der Waals surface area contributed by atoms with Crippen molar-refractivity contribution in [2.45, 2.75) is 26.7 Å². The molecule has 19 heavy (non-hydrogen) atoms. The first-order chi connectivity index (χ1) is 9.10. The fourth-order valence-corrected chi connectivity index (χ4v) is 1.70. The van der Waals surface area contributed by atoms with Crippen LogP contribution < -0.4 is 0 Å². The predicted octanol–water partition coefficient (Wildman–Crippen LogP) is 4.02. The highest BCUT2D eigenvalue weighted by Gasteiger charge is 2.11. The van der Waals surface area contributed by atoms with E-state index in [9.17, 15) is 4.79 Å². The summed E-state index contributed by atoms with van der Waals surface area (Å²) in [5, 5.41) is 3.41. The Morgan fingerprint density at radius 1 is 1.47 bits per heavy atom. The highest BCUT2D eigenvalue weighted by Crippen LogP contribution is 2.22. The number of carbonyl (C=O) groups excluding carboxylic acids is 1. The smallest absolute Gasteiger partial charge is 0.340 e. The van der Waals surface area contributed by atoms with Crippen LogP contribution in [0.5, 0.6) is 0 Å². The van der Waals surface area contributed by atoms with Crippen LogP contribution in [0.3, 0.4) is 0 Å². The Morgan fingerprint density at radius 2 is 2.16 bits per heavy atom. The molecule has 5 heteroatoms. The maximum absolute atomic E-state index is 11.7. The van der Waals surface area contributed by atoms with Crippen LogP contribution in [0.25, 0.3) is 16.5 Å². The van der Waals surface area contributed by atoms with E-state index in [-0.39, 0.29) is 12.3 Å². The average Bonchev–Trinajstić information content (AvgIpc) is 2.39. The lowest BCUT2D eigenvalue weighted by Crippen LogP contribution is -2.06. The molecule has 0 radical (unpaired) electrons. The maximum atomic E-state index is 11.7. The Kier molecular flexibility index (Phi) is 5.64. The van der Waals surface area contributed by atoms with Crippen LogP contribution in [-0.4, -0.2) is 12.6 Å². The zero-order valence-electron chi connectivity index (χ0n) is 11.3. The van der Waals surface area contributed by atoms with Gasteiger partial charge in [0.1, 0.15) is 5.70 Å². The molecular weight excluding hydrogens is 242 g/mol. The van der Waals surface area contributed by atoms with Gasteiger partial charge in [-0.25, -0.2) is 4.79 Å². The van der Waals surface area contributed by atoms with Gasteiger partial charge in [0.05, 0.1) is 6.61 Å². The predicted molar refractivity (Wildman–Crippen MR) is 74.3 cm³/mol. The first kappa shape index (κ1) is 14.8. The number of hydrogen-bond donors (Lipinski definition) is 0. The molecule has 0 aliphatic carbocycles. The second kappa shape index (κ2) is 7.24. The summed E-state index contributed by atoms with van der Waals surface area (Å²) < 4.78 is 4.86. The lowest BCUT2D eigenvalue weighted by molar-refractivity contribution is -0.138. The number of benzene rings is 1. The van der Waals surface area contributed by atoms with E-state index in [1.807, 2.05) is 24.3 Å². The molecule has 1 aromatic carbocycles. The van der Waals surface area contributed by atoms with Gasteiger partial charge in [0.25, 0.3) is 0 Å². The number of ether oxygens (including phenoxy) is 1. The van der Waals surface area contributed by atoms with Crippen molar-refractivity contribution < 1.29 is 9.53 Å². The van der Waals surface area contributed by atoms with E-state index in [1.165, 1.54) is 0 Å². The molecular formula is C14H17N3O2. The van der Waals surface area contributed by atoms with Crippen LogP contribution in [0.15, 0.2) is 35.1 Å². The summed E-state index contributed by atoms with van der Waals surface area (Å²) in [5.74, 6) is -0.305. The van der Waals surface area contributed by atoms with Crippen molar-refractivity contribution in [3.05, 3.63) is 51.5 Å². The van der Waals surface area contributed by atoms with Gasteiger partial charge < -0.3 is 4.74 Å². The number of esters is 1. The van der Waals surface area contributed by atoms with Crippen LogP contribution in [0.1, 0.15) is 37.8 Å². The summed E-state index contributed by atoms with van der Waals surface area (Å²) in [7, 11) is 0. The number of rotatable bonds is 5. The molecule has 1 rings (SSSR count). The Hall–Kier alpha value is -2.26. The summed E-state index contributed by atoms with van der Waals surface area (Å²) in [5.41, 5.74) is 10.4. The van der Waals surface area contributed by atoms with Crippen LogP contribution in [-0.2, 0) is 9.53 Å². The second-order valence-corrected chi connectivity index (χ2v) is 4.22. The van der Waals surface area contributed by atoms with Gasteiger partial charge in [-0.3, -0.25) is 0 Å². The van der Waals surface area contributed by atoms with Gasteiger partial charge in [0, 0.05) is 4.91 Å². The molecule has 0 atom stereocenters. The Balaban J connectivity index is 3.22. The molecule has 0 saturated carbocycles. The molecule has 0 aliphatic heterocycles. The van der Waals surface area contributed by atoms with Gasteiger partial charge in [-0.1, -0.05) is 43.2 Å². The van der Waals surface area contributed by atoms with Crippen LogP contribution in [0.4, 0.5) is 0 Å². The third kappa shape index (κ3) is 4.16. The fourth-order valence-electron chi connectivity index (χ4n) is 1.70. The lowest BCUT2D eigenvalue weighted by Gasteiger charge is -2.10. The van der Waals surface area contributed by atoms with E-state index >= 15 is 0 Å². The number of hydrogen-bond acceptors (Lipinski definition) is 3. The van der Waals surface area contributed by atoms with Crippen molar-refractivity contribution in [3.63, 3.8) is 0 Å². The summed E-state index contributed by atoms with van der Waals surface area (Å²) >= 11 is 0. The molecule has 0 aliphatic rings. The minimum atomic E-state index is -0.612. The van der Waals surface area contributed by atoms with Gasteiger partial charge in [-0.05, 0) is 35.6 Å². The van der Waals surface area contributed by atoms with Crippen LogP contribution in [0, 0.1) is 0 Å². The van der Waals surface area contributed by atoms with Crippen molar-refractivity contribution in [1.82, 2.24) is 0 Å². The minimum Gasteiger partial charge on any atom is -0.462 e. The van der Waals surface area contributed by atoms with Gasteiger partial charge in [0.2, 0.25) is 0 Å². The van der Waals surface area contributed by atoms with E-state index in [2.05, 4.69) is 23.9 Å². The average molecular weight is 259 g/mol. The largest absolute Gasteiger partial charge is 0.462 e. The molecule has 0 heterocycles. The normalized spacial score (nSPS) is 11.1. The Bertz CT molecular complexity index is 529. The highest BCUT2D eigenvalue weighted by atomic mass is 16.5. The van der Waals surface area contributed by atoms with E-state index in [1.54, 1.807) is 13.0 Å². The molecule has 1 aromatic rings. The fraction of sp³-hybridized carbons (Fsp3) is 0.357. The zero-order valence-corrected chi connectivity index (χ0v) is 11.3. The lowest BCUT2D eigenvalue weighted by atomic mass is 9.97. The van der Waals surface area contributed by atoms with E-state index < -0.39 is 5.97 Å². The Morgan fingerprint density at radius 3 is 2.74 bits per heavy atom. The molecule has 0 unspecified atom stereocenters. The van der Waals surface area contributed by atoms with Gasteiger partial charge in [-0.2, -0.15) is 0 Å². The molecule has 0 N–H and O–H groups in total. The first-order valence-corrected chi connectivity index (χ1v) is 6.13. The van der Waals surface area contributed by atoms with Gasteiger partial charge in [0.15, 0.2) is 0 Å². The van der Waals surface area contributed by atoms with Crippen molar-refractivity contribution in [3.8, 4) is 0 Å². The molecule has 0 bridgehead atoms. The van der Waals surface area contributed by atoms with Crippen LogP contribution >= 0.6 is 0 Å². The molecule has 0 fully saturated rings. The van der Waals surface area contributed by atoms with E-state index in [0.29, 0.717) is 5.92 Å². The molecule has 5 nitrogen and oxygen atoms in total. The molecule has 100 valence electrons. The molecule has 0 amide bonds. The SMILES string of the molecule is CCOC(=O)/C(=C/c1ccccc1C(C)C)N=[N+]=[N-]. The second-order valence-electron chi connectivity index (χ2n) is 4.22. The monoisotopic (exact) mass is 259 g/mol.